The largest absolute Gasteiger partial charge is 0.449 e. The minimum absolute atomic E-state index is 0.0506. The summed E-state index contributed by atoms with van der Waals surface area (Å²) in [5, 5.41) is -0.146. The maximum Gasteiger partial charge on any atom is 0.340 e. The number of benzene rings is 1. The number of esters is 1. The number of ether oxygens (including phenoxy) is 2. The summed E-state index contributed by atoms with van der Waals surface area (Å²) >= 11 is 12.3. The molecule has 172 valence electrons. The molecule has 1 aromatic rings. The van der Waals surface area contributed by atoms with Gasteiger partial charge in [-0.2, -0.15) is 4.31 Å². The van der Waals surface area contributed by atoms with Crippen molar-refractivity contribution in [3.05, 3.63) is 27.7 Å². The highest BCUT2D eigenvalue weighted by Gasteiger charge is 2.31. The van der Waals surface area contributed by atoms with Crippen molar-refractivity contribution in [3.8, 4) is 0 Å². The van der Waals surface area contributed by atoms with Crippen LogP contribution in [0.4, 0.5) is 0 Å². The van der Waals surface area contributed by atoms with Gasteiger partial charge in [-0.15, -0.1) is 0 Å². The van der Waals surface area contributed by atoms with E-state index in [1.54, 1.807) is 4.90 Å². The van der Waals surface area contributed by atoms with Crippen LogP contribution in [0.25, 0.3) is 0 Å². The van der Waals surface area contributed by atoms with Crippen molar-refractivity contribution in [2.24, 2.45) is 0 Å². The SMILES string of the molecule is CC(OC(=O)c1cc(S(=O)(=O)N2CCOCC2)c(Cl)cc1Cl)C(=O)N1CCCCCC1. The third-order valence-corrected chi connectivity index (χ3v) is 8.05. The lowest BCUT2D eigenvalue weighted by molar-refractivity contribution is -0.139. The number of morpholine rings is 1. The molecule has 2 fully saturated rings. The molecule has 0 aliphatic carbocycles. The third-order valence-electron chi connectivity index (χ3n) is 5.38. The van der Waals surface area contributed by atoms with Gasteiger partial charge in [0.1, 0.15) is 4.90 Å². The van der Waals surface area contributed by atoms with Crippen LogP contribution in [0.2, 0.25) is 10.0 Å². The van der Waals surface area contributed by atoms with Crippen LogP contribution in [0, 0.1) is 0 Å². The fourth-order valence-corrected chi connectivity index (χ4v) is 5.86. The number of hydrogen-bond donors (Lipinski definition) is 0. The van der Waals surface area contributed by atoms with Crippen LogP contribution in [-0.2, 0) is 24.3 Å². The van der Waals surface area contributed by atoms with Gasteiger partial charge in [0.05, 0.1) is 28.8 Å². The van der Waals surface area contributed by atoms with Gasteiger partial charge >= 0.3 is 5.97 Å². The highest BCUT2D eigenvalue weighted by atomic mass is 35.5. The summed E-state index contributed by atoms with van der Waals surface area (Å²) in [6.45, 7) is 3.67. The predicted octanol–water partition coefficient (Wildman–Crippen LogP) is 2.96. The van der Waals surface area contributed by atoms with E-state index < -0.39 is 22.1 Å². The maximum absolute atomic E-state index is 13.0. The van der Waals surface area contributed by atoms with Crippen molar-refractivity contribution in [1.82, 2.24) is 9.21 Å². The molecule has 2 aliphatic rings. The zero-order valence-corrected chi connectivity index (χ0v) is 19.6. The average Bonchev–Trinajstić information content (AvgIpc) is 3.03. The monoisotopic (exact) mass is 492 g/mol. The summed E-state index contributed by atoms with van der Waals surface area (Å²) in [6, 6.07) is 2.31. The fraction of sp³-hybridized carbons (Fsp3) is 0.600. The van der Waals surface area contributed by atoms with Gasteiger partial charge in [-0.1, -0.05) is 36.0 Å². The highest BCUT2D eigenvalue weighted by molar-refractivity contribution is 7.89. The van der Waals surface area contributed by atoms with Crippen LogP contribution in [0.15, 0.2) is 17.0 Å². The molecular weight excluding hydrogens is 467 g/mol. The Bertz CT molecular complexity index is 926. The van der Waals surface area contributed by atoms with Crippen molar-refractivity contribution >= 4 is 45.1 Å². The number of carbonyl (C=O) groups is 2. The number of hydrogen-bond acceptors (Lipinski definition) is 6. The Morgan fingerprint density at radius 1 is 1.00 bits per heavy atom. The number of nitrogens with zero attached hydrogens (tertiary/aromatic N) is 2. The van der Waals surface area contributed by atoms with Crippen molar-refractivity contribution in [2.45, 2.75) is 43.6 Å². The molecule has 0 bridgehead atoms. The number of carbonyl (C=O) groups excluding carboxylic acids is 2. The minimum Gasteiger partial charge on any atom is -0.449 e. The Hall–Kier alpha value is -1.39. The molecule has 11 heteroatoms. The predicted molar refractivity (Wildman–Crippen MR) is 116 cm³/mol. The maximum atomic E-state index is 13.0. The summed E-state index contributed by atoms with van der Waals surface area (Å²) in [5.74, 6) is -1.16. The molecule has 1 atom stereocenters. The summed E-state index contributed by atoms with van der Waals surface area (Å²) < 4.78 is 37.8. The second kappa shape index (κ2) is 10.5. The lowest BCUT2D eigenvalue weighted by Gasteiger charge is -2.26. The van der Waals surface area contributed by atoms with Gasteiger partial charge in [-0.05, 0) is 31.9 Å². The molecule has 1 aromatic carbocycles. The standard InChI is InChI=1S/C20H26Cl2N2O6S/c1-14(19(25)23-6-4-2-3-5-7-23)30-20(26)15-12-18(17(22)13-16(15)21)31(27,28)24-8-10-29-11-9-24/h12-14H,2-11H2,1H3. The molecule has 0 spiro atoms. The summed E-state index contributed by atoms with van der Waals surface area (Å²) in [4.78, 5) is 26.9. The van der Waals surface area contributed by atoms with Gasteiger partial charge in [-0.3, -0.25) is 4.79 Å². The van der Waals surface area contributed by atoms with E-state index in [1.165, 1.54) is 17.3 Å². The zero-order chi connectivity index (χ0) is 22.6. The molecule has 8 nitrogen and oxygen atoms in total. The second-order valence-corrected chi connectivity index (χ2v) is 10.3. The normalized spacial score (nSPS) is 19.5. The van der Waals surface area contributed by atoms with Crippen molar-refractivity contribution in [2.75, 3.05) is 39.4 Å². The van der Waals surface area contributed by atoms with Crippen LogP contribution in [0.1, 0.15) is 43.0 Å². The van der Waals surface area contributed by atoms with Gasteiger partial charge < -0.3 is 14.4 Å². The number of sulfonamides is 1. The van der Waals surface area contributed by atoms with Crippen molar-refractivity contribution in [3.63, 3.8) is 0 Å². The Morgan fingerprint density at radius 2 is 1.61 bits per heavy atom. The number of rotatable bonds is 5. The van der Waals surface area contributed by atoms with Gasteiger partial charge in [0, 0.05) is 26.2 Å². The molecule has 0 N–H and O–H groups in total. The van der Waals surface area contributed by atoms with Gasteiger partial charge in [-0.25, -0.2) is 13.2 Å². The number of halogens is 2. The van der Waals surface area contributed by atoms with E-state index in [9.17, 15) is 18.0 Å². The fourth-order valence-electron chi connectivity index (χ4n) is 3.63. The molecule has 0 radical (unpaired) electrons. The molecule has 1 unspecified atom stereocenters. The molecule has 31 heavy (non-hydrogen) atoms. The summed E-state index contributed by atoms with van der Waals surface area (Å²) in [7, 11) is -3.95. The topological polar surface area (TPSA) is 93.2 Å². The average molecular weight is 493 g/mol. The number of likely N-dealkylation sites (tertiary alicyclic amines) is 1. The van der Waals surface area contributed by atoms with E-state index in [4.69, 9.17) is 32.7 Å². The molecule has 2 saturated heterocycles. The zero-order valence-electron chi connectivity index (χ0n) is 17.3. The minimum atomic E-state index is -3.95. The van der Waals surface area contributed by atoms with Crippen LogP contribution < -0.4 is 0 Å². The summed E-state index contributed by atoms with van der Waals surface area (Å²) in [5.41, 5.74) is -0.159. The Morgan fingerprint density at radius 3 is 2.23 bits per heavy atom. The Balaban J connectivity index is 1.79. The van der Waals surface area contributed by atoms with E-state index in [0.29, 0.717) is 13.1 Å². The van der Waals surface area contributed by atoms with E-state index in [0.717, 1.165) is 31.7 Å². The van der Waals surface area contributed by atoms with E-state index in [2.05, 4.69) is 0 Å². The third kappa shape index (κ3) is 5.70. The molecule has 2 heterocycles. The molecule has 2 aliphatic heterocycles. The van der Waals surface area contributed by atoms with Crippen molar-refractivity contribution in [1.29, 1.82) is 0 Å². The summed E-state index contributed by atoms with van der Waals surface area (Å²) in [6.07, 6.45) is 2.95. The van der Waals surface area contributed by atoms with E-state index in [1.807, 2.05) is 0 Å². The van der Waals surface area contributed by atoms with Gasteiger partial charge in [0.25, 0.3) is 5.91 Å². The molecule has 1 amide bonds. The molecule has 0 aromatic heterocycles. The van der Waals surface area contributed by atoms with Crippen molar-refractivity contribution < 1.29 is 27.5 Å². The quantitative estimate of drug-likeness (QED) is 0.586. The van der Waals surface area contributed by atoms with Crippen LogP contribution in [0.5, 0.6) is 0 Å². The Labute approximate surface area is 192 Å². The van der Waals surface area contributed by atoms with Gasteiger partial charge in [0.15, 0.2) is 6.10 Å². The molecular formula is C20H26Cl2N2O6S. The van der Waals surface area contributed by atoms with Crippen LogP contribution >= 0.6 is 23.2 Å². The first-order valence-electron chi connectivity index (χ1n) is 10.3. The molecule has 3 rings (SSSR count). The first kappa shape index (κ1) is 24.3. The number of amides is 1. The highest BCUT2D eigenvalue weighted by Crippen LogP contribution is 2.31. The van der Waals surface area contributed by atoms with E-state index in [-0.39, 0.29) is 52.7 Å². The first-order valence-corrected chi connectivity index (χ1v) is 12.5. The van der Waals surface area contributed by atoms with Gasteiger partial charge in [0.2, 0.25) is 10.0 Å². The van der Waals surface area contributed by atoms with E-state index >= 15 is 0 Å². The Kier molecular flexibility index (Phi) is 8.20. The lowest BCUT2D eigenvalue weighted by Crippen LogP contribution is -2.41. The second-order valence-electron chi connectivity index (χ2n) is 7.57. The van der Waals surface area contributed by atoms with Crippen LogP contribution in [-0.4, -0.2) is 75.0 Å². The first-order chi connectivity index (χ1) is 14.7. The lowest BCUT2D eigenvalue weighted by atomic mass is 10.2. The smallest absolute Gasteiger partial charge is 0.340 e. The van der Waals surface area contributed by atoms with Crippen LogP contribution in [0.3, 0.4) is 0 Å². The molecule has 0 saturated carbocycles.